The molecule has 2 aliphatic rings. The van der Waals surface area contributed by atoms with Crippen molar-refractivity contribution in [2.75, 3.05) is 12.1 Å². The first-order chi connectivity index (χ1) is 14.2. The molecule has 0 saturated heterocycles. The molecule has 0 bridgehead atoms. The fourth-order valence-corrected chi connectivity index (χ4v) is 4.05. The molecule has 4 heterocycles. The average molecular weight is 405 g/mol. The van der Waals surface area contributed by atoms with Crippen molar-refractivity contribution in [2.45, 2.75) is 6.54 Å². The molecule has 0 aliphatic carbocycles. The van der Waals surface area contributed by atoms with Crippen LogP contribution in [0, 0.1) is 0 Å². The summed E-state index contributed by atoms with van der Waals surface area (Å²) in [4.78, 5) is 32.4. The van der Waals surface area contributed by atoms with E-state index in [9.17, 15) is 9.59 Å². The summed E-state index contributed by atoms with van der Waals surface area (Å²) in [5.41, 5.74) is 2.04. The minimum Gasteiger partial charge on any atom is -0.454 e. The molecule has 0 spiro atoms. The monoisotopic (exact) mass is 405 g/mol. The van der Waals surface area contributed by atoms with Gasteiger partial charge in [0.1, 0.15) is 5.70 Å². The first kappa shape index (κ1) is 17.4. The molecule has 0 radical (unpaired) electrons. The normalized spacial score (nSPS) is 15.4. The van der Waals surface area contributed by atoms with Crippen LogP contribution < -0.4 is 14.8 Å². The number of fused-ring (bicyclic) bond motifs is 1. The molecule has 29 heavy (non-hydrogen) atoms. The van der Waals surface area contributed by atoms with Crippen molar-refractivity contribution >= 4 is 34.4 Å². The molecule has 0 unspecified atom stereocenters. The second kappa shape index (κ2) is 7.06. The van der Waals surface area contributed by atoms with Crippen molar-refractivity contribution in [3.63, 3.8) is 0 Å². The van der Waals surface area contributed by atoms with E-state index in [0.717, 1.165) is 10.4 Å². The number of benzene rings is 1. The largest absolute Gasteiger partial charge is 0.454 e. The Labute approximate surface area is 170 Å². The smallest absolute Gasteiger partial charge is 0.278 e. The molecule has 2 aliphatic heterocycles. The van der Waals surface area contributed by atoms with Crippen molar-refractivity contribution in [1.82, 2.24) is 9.88 Å². The van der Waals surface area contributed by atoms with E-state index in [1.165, 1.54) is 16.2 Å². The second-order valence-corrected chi connectivity index (χ2v) is 7.43. The lowest BCUT2D eigenvalue weighted by molar-refractivity contribution is -0.137. The second-order valence-electron chi connectivity index (χ2n) is 6.48. The van der Waals surface area contributed by atoms with E-state index >= 15 is 0 Å². The Morgan fingerprint density at radius 3 is 2.76 bits per heavy atom. The van der Waals surface area contributed by atoms with E-state index in [0.29, 0.717) is 22.8 Å². The lowest BCUT2D eigenvalue weighted by atomic mass is 10.2. The molecule has 144 valence electrons. The lowest BCUT2D eigenvalue weighted by Gasteiger charge is -2.15. The number of anilines is 1. The number of hydrogen-bond acceptors (Lipinski definition) is 7. The number of pyridine rings is 1. The molecule has 8 heteroatoms. The van der Waals surface area contributed by atoms with Gasteiger partial charge in [-0.1, -0.05) is 12.1 Å². The highest BCUT2D eigenvalue weighted by Gasteiger charge is 2.39. The van der Waals surface area contributed by atoms with E-state index in [1.807, 2.05) is 23.6 Å². The number of carbonyl (C=O) groups is 2. The zero-order valence-corrected chi connectivity index (χ0v) is 15.9. The van der Waals surface area contributed by atoms with Gasteiger partial charge in [-0.05, 0) is 35.2 Å². The van der Waals surface area contributed by atoms with Crippen LogP contribution in [-0.4, -0.2) is 28.5 Å². The van der Waals surface area contributed by atoms with Crippen molar-refractivity contribution in [3.8, 4) is 11.5 Å². The number of imide groups is 1. The summed E-state index contributed by atoms with van der Waals surface area (Å²) in [5, 5.41) is 5.01. The molecule has 2 aromatic heterocycles. The summed E-state index contributed by atoms with van der Waals surface area (Å²) < 4.78 is 10.7. The number of aromatic nitrogens is 1. The molecule has 7 nitrogen and oxygen atoms in total. The number of hydrogen-bond donors (Lipinski definition) is 1. The van der Waals surface area contributed by atoms with Crippen LogP contribution in [0.2, 0.25) is 0 Å². The lowest BCUT2D eigenvalue weighted by Crippen LogP contribution is -2.32. The fourth-order valence-electron chi connectivity index (χ4n) is 3.28. The van der Waals surface area contributed by atoms with E-state index < -0.39 is 0 Å². The number of nitrogens with zero attached hydrogens (tertiary/aromatic N) is 2. The Morgan fingerprint density at radius 2 is 1.97 bits per heavy atom. The zero-order valence-electron chi connectivity index (χ0n) is 15.1. The maximum Gasteiger partial charge on any atom is 0.278 e. The van der Waals surface area contributed by atoms with Gasteiger partial charge in [0.25, 0.3) is 11.8 Å². The maximum absolute atomic E-state index is 13.2. The van der Waals surface area contributed by atoms with Crippen molar-refractivity contribution in [2.24, 2.45) is 0 Å². The molecule has 0 atom stereocenters. The van der Waals surface area contributed by atoms with Crippen LogP contribution in [0.5, 0.6) is 11.5 Å². The number of thiophene rings is 1. The summed E-state index contributed by atoms with van der Waals surface area (Å²) in [7, 11) is 0. The van der Waals surface area contributed by atoms with Gasteiger partial charge < -0.3 is 14.8 Å². The van der Waals surface area contributed by atoms with Crippen molar-refractivity contribution in [3.05, 3.63) is 76.4 Å². The third-order valence-electron chi connectivity index (χ3n) is 4.64. The number of ether oxygens (including phenoxy) is 2. The molecule has 3 aromatic rings. The highest BCUT2D eigenvalue weighted by atomic mass is 32.1. The summed E-state index contributed by atoms with van der Waals surface area (Å²) in [6, 6.07) is 12.6. The van der Waals surface area contributed by atoms with Crippen LogP contribution in [0.3, 0.4) is 0 Å². The van der Waals surface area contributed by atoms with Crippen LogP contribution in [0.15, 0.2) is 65.9 Å². The first-order valence-corrected chi connectivity index (χ1v) is 9.78. The Hall–Kier alpha value is -3.65. The number of amides is 2. The summed E-state index contributed by atoms with van der Waals surface area (Å²) in [5.74, 6) is 0.539. The number of nitrogens with one attached hydrogen (secondary N) is 1. The first-order valence-electron chi connectivity index (χ1n) is 8.90. The third kappa shape index (κ3) is 3.13. The van der Waals surface area contributed by atoms with Crippen LogP contribution in [0.25, 0.3) is 5.57 Å². The molecule has 5 rings (SSSR count). The van der Waals surface area contributed by atoms with Gasteiger partial charge in [0.05, 0.1) is 12.1 Å². The molecular weight excluding hydrogens is 390 g/mol. The van der Waals surface area contributed by atoms with Crippen LogP contribution in [0.1, 0.15) is 10.4 Å². The minimum atomic E-state index is -0.375. The fraction of sp³-hybridized carbons (Fsp3) is 0.0952. The van der Waals surface area contributed by atoms with Crippen molar-refractivity contribution in [1.29, 1.82) is 0 Å². The highest BCUT2D eigenvalue weighted by molar-refractivity contribution is 7.11. The average Bonchev–Trinajstić information content (AvgIpc) is 3.47. The Balaban J connectivity index is 1.51. The predicted octanol–water partition coefficient (Wildman–Crippen LogP) is 3.26. The van der Waals surface area contributed by atoms with Gasteiger partial charge in [0.2, 0.25) is 6.79 Å². The van der Waals surface area contributed by atoms with Gasteiger partial charge in [-0.25, -0.2) is 0 Å². The molecule has 1 aromatic carbocycles. The molecule has 2 amide bonds. The summed E-state index contributed by atoms with van der Waals surface area (Å²) >= 11 is 1.41. The van der Waals surface area contributed by atoms with Gasteiger partial charge in [0, 0.05) is 29.0 Å². The molecule has 0 saturated carbocycles. The number of rotatable bonds is 5. The van der Waals surface area contributed by atoms with Crippen LogP contribution in [-0.2, 0) is 16.1 Å². The van der Waals surface area contributed by atoms with E-state index in [2.05, 4.69) is 10.3 Å². The standard InChI is InChI=1S/C21H15N3O4S/c25-20-18(17-4-2-8-29-17)19(21(26)24(20)11-13-3-1-7-22-10-13)23-14-5-6-15-16(9-14)28-12-27-15/h1-10,23H,11-12H2. The van der Waals surface area contributed by atoms with Gasteiger partial charge in [-0.15, -0.1) is 11.3 Å². The van der Waals surface area contributed by atoms with Gasteiger partial charge in [0.15, 0.2) is 11.5 Å². The van der Waals surface area contributed by atoms with Crippen molar-refractivity contribution < 1.29 is 19.1 Å². The molecule has 1 N–H and O–H groups in total. The van der Waals surface area contributed by atoms with E-state index in [1.54, 1.807) is 36.7 Å². The quantitative estimate of drug-likeness (QED) is 0.657. The Kier molecular flexibility index (Phi) is 4.25. The van der Waals surface area contributed by atoms with Gasteiger partial charge in [-0.3, -0.25) is 19.5 Å². The van der Waals surface area contributed by atoms with Gasteiger partial charge in [-0.2, -0.15) is 0 Å². The SMILES string of the molecule is O=C1C(Nc2ccc3c(c2)OCO3)=C(c2cccs2)C(=O)N1Cc1cccnc1. The Bertz CT molecular complexity index is 1130. The van der Waals surface area contributed by atoms with Crippen LogP contribution >= 0.6 is 11.3 Å². The zero-order chi connectivity index (χ0) is 19.8. The Morgan fingerprint density at radius 1 is 1.07 bits per heavy atom. The molecule has 0 fully saturated rings. The number of carbonyl (C=O) groups excluding carboxylic acids is 2. The summed E-state index contributed by atoms with van der Waals surface area (Å²) in [6.45, 7) is 0.324. The van der Waals surface area contributed by atoms with E-state index in [4.69, 9.17) is 9.47 Å². The predicted molar refractivity (Wildman–Crippen MR) is 107 cm³/mol. The molecular formula is C21H15N3O4S. The van der Waals surface area contributed by atoms with Crippen LogP contribution in [0.4, 0.5) is 5.69 Å². The third-order valence-corrected chi connectivity index (χ3v) is 5.53. The van der Waals surface area contributed by atoms with E-state index in [-0.39, 0.29) is 30.8 Å². The maximum atomic E-state index is 13.2. The summed E-state index contributed by atoms with van der Waals surface area (Å²) in [6.07, 6.45) is 3.30. The minimum absolute atomic E-state index is 0.159. The van der Waals surface area contributed by atoms with Gasteiger partial charge >= 0.3 is 0 Å². The topological polar surface area (TPSA) is 80.8 Å². The highest BCUT2D eigenvalue weighted by Crippen LogP contribution is 2.37.